The Bertz CT molecular complexity index is 2980. The zero-order chi connectivity index (χ0) is 48.7. The molecule has 3 N–H and O–H groups in total. The van der Waals surface area contributed by atoms with E-state index in [4.69, 9.17) is 47.3 Å². The molecular weight excluding hydrogens is 961 g/mol. The van der Waals surface area contributed by atoms with E-state index in [-0.39, 0.29) is 64.6 Å². The summed E-state index contributed by atoms with van der Waals surface area (Å²) in [6, 6.07) is 6.30. The monoisotopic (exact) mass is 1010 g/mol. The number of nitrogens with one attached hydrogen (secondary N) is 1. The largest absolute Gasteiger partial charge is 1.00 e. The molecule has 0 saturated carbocycles. The van der Waals surface area contributed by atoms with Crippen molar-refractivity contribution in [3.63, 3.8) is 0 Å². The summed E-state index contributed by atoms with van der Waals surface area (Å²) in [5.41, 5.74) is 15.1. The molecule has 10 heterocycles. The smallest absolute Gasteiger partial charge is 0.512 e. The fraction of sp³-hybridized carbons (Fsp3) is 0.265. The van der Waals surface area contributed by atoms with Crippen LogP contribution < -0.4 is 62.4 Å². The Morgan fingerprint density at radius 1 is 0.686 bits per heavy atom. The van der Waals surface area contributed by atoms with Gasteiger partial charge in [0.25, 0.3) is 6.54 Å². The molecule has 0 fully saturated rings. The van der Waals surface area contributed by atoms with Crippen molar-refractivity contribution in [2.45, 2.75) is 34.1 Å². The third-order valence-corrected chi connectivity index (χ3v) is 10.1. The van der Waals surface area contributed by atoms with E-state index in [2.05, 4.69) is 60.3 Å². The van der Waals surface area contributed by atoms with Crippen molar-refractivity contribution < 1.29 is 60.2 Å². The van der Waals surface area contributed by atoms with Crippen LogP contribution in [0.25, 0.3) is 38.7 Å². The van der Waals surface area contributed by atoms with Gasteiger partial charge in [0.2, 0.25) is 0 Å². The summed E-state index contributed by atoms with van der Waals surface area (Å²) in [5.74, 6) is 0.566. The van der Waals surface area contributed by atoms with Crippen LogP contribution in [0.15, 0.2) is 130 Å². The summed E-state index contributed by atoms with van der Waals surface area (Å²) in [7, 11) is 0. The molecule has 0 aliphatic carbocycles. The van der Waals surface area contributed by atoms with Crippen LogP contribution in [-0.4, -0.2) is 114 Å². The molecule has 0 atom stereocenters. The Hall–Kier alpha value is -6.00. The van der Waals surface area contributed by atoms with E-state index in [9.17, 15) is 8.78 Å². The summed E-state index contributed by atoms with van der Waals surface area (Å²) < 4.78 is 30.0. The van der Waals surface area contributed by atoms with Crippen LogP contribution in [-0.2, 0) is 0 Å². The van der Waals surface area contributed by atoms with Gasteiger partial charge >= 0.3 is 51.4 Å². The molecule has 0 unspecified atom stereocenters. The van der Waals surface area contributed by atoms with Crippen LogP contribution >= 0.6 is 23.2 Å². The fourth-order valence-electron chi connectivity index (χ4n) is 6.34. The molecule has 0 radical (unpaired) electrons. The molecule has 70 heavy (non-hydrogen) atoms. The Morgan fingerprint density at radius 2 is 1.16 bits per heavy atom. The normalized spacial score (nSPS) is 13.1. The number of aryl methyl sites for hydroxylation is 2. The molecule has 16 nitrogen and oxygen atoms in total. The quantitative estimate of drug-likeness (QED) is 0.0696. The predicted octanol–water partition coefficient (Wildman–Crippen LogP) is 6.18. The van der Waals surface area contributed by atoms with Gasteiger partial charge in [0.1, 0.15) is 28.3 Å². The maximum absolute atomic E-state index is 13.5. The van der Waals surface area contributed by atoms with Crippen molar-refractivity contribution in [1.82, 2.24) is 39.2 Å². The van der Waals surface area contributed by atoms with Crippen molar-refractivity contribution >= 4 is 63.2 Å². The Kier molecular flexibility index (Phi) is 26.0. The van der Waals surface area contributed by atoms with Crippen LogP contribution in [0, 0.1) is 43.9 Å². The molecular formula is C49H51Cl2F2KN16. The second-order valence-corrected chi connectivity index (χ2v) is 15.2. The van der Waals surface area contributed by atoms with Gasteiger partial charge in [-0.2, -0.15) is 14.7 Å². The van der Waals surface area contributed by atoms with Crippen LogP contribution in [0.4, 0.5) is 14.6 Å². The number of halogens is 4. The van der Waals surface area contributed by atoms with E-state index in [1.54, 1.807) is 35.4 Å². The fourth-order valence-corrected chi connectivity index (χ4v) is 6.74. The minimum atomic E-state index is -0.407. The maximum atomic E-state index is 13.5. The second kappa shape index (κ2) is 31.3. The number of alkyl halides is 1. The summed E-state index contributed by atoms with van der Waals surface area (Å²) in [5, 5.41) is 18.5. The molecule has 10 rings (SSSR count). The number of pyridine rings is 2. The van der Waals surface area contributed by atoms with E-state index in [1.165, 1.54) is 22.8 Å². The molecule has 21 heteroatoms. The van der Waals surface area contributed by atoms with E-state index in [1.807, 2.05) is 68.5 Å². The van der Waals surface area contributed by atoms with E-state index in [0.29, 0.717) is 52.3 Å². The first-order valence-corrected chi connectivity index (χ1v) is 22.0. The molecule has 6 aromatic heterocycles. The first kappa shape index (κ1) is 58.3. The van der Waals surface area contributed by atoms with Gasteiger partial charge in [0.05, 0.1) is 68.2 Å². The second-order valence-electron chi connectivity index (χ2n) is 14.5. The van der Waals surface area contributed by atoms with Gasteiger partial charge in [0, 0.05) is 83.3 Å². The summed E-state index contributed by atoms with van der Waals surface area (Å²) in [6.07, 6.45) is 26.7. The number of aliphatic imine (C=N–C) groups is 4. The molecule has 0 spiro atoms. The molecule has 0 bridgehead atoms. The SMILES string of the molecule is C.Cc1cnn2c(Cl)cc(-c3cncc(F)c3)nc12.Cc1cnn2c(NCCC3=NCC=C3)cc(-c3cncc(F)c3)nc12.ClCC1=NCC=C1.NCCC1=NCC=C1.[C-]#N.[C-]#[N+]CC1=NCC=C1.[K+]. The molecule has 356 valence electrons. The Balaban J connectivity index is 0.000000250. The van der Waals surface area contributed by atoms with E-state index < -0.39 is 5.82 Å². The van der Waals surface area contributed by atoms with Crippen LogP contribution in [0.3, 0.4) is 0 Å². The minimum Gasteiger partial charge on any atom is -0.512 e. The first-order chi connectivity index (χ1) is 33.1. The Labute approximate surface area is 459 Å². The topological polar surface area (TPSA) is 202 Å². The summed E-state index contributed by atoms with van der Waals surface area (Å²) in [6.45, 7) is 20.2. The number of allylic oxidation sites excluding steroid dienone is 3. The summed E-state index contributed by atoms with van der Waals surface area (Å²) >= 11 is 11.5. The van der Waals surface area contributed by atoms with Crippen molar-refractivity contribution in [3.05, 3.63) is 156 Å². The average Bonchev–Trinajstić information content (AvgIpc) is 4.22. The number of aromatic nitrogens is 8. The van der Waals surface area contributed by atoms with Gasteiger partial charge < -0.3 is 27.7 Å². The van der Waals surface area contributed by atoms with Gasteiger partial charge in [-0.25, -0.2) is 29.8 Å². The number of nitrogens with zero attached hydrogens (tertiary/aromatic N) is 14. The zero-order valence-corrected chi connectivity index (χ0v) is 42.9. The van der Waals surface area contributed by atoms with Crippen LogP contribution in [0.2, 0.25) is 5.15 Å². The number of rotatable bonds is 10. The maximum Gasteiger partial charge on any atom is 1.00 e. The molecule has 6 aromatic rings. The molecule has 0 amide bonds. The zero-order valence-electron chi connectivity index (χ0n) is 38.3. The standard InChI is InChI=1S/C18H17FN6.C12H8ClFN4.C6H6N2.C6H10N2.C5H6ClN.CN.CH4.K/c1-12-9-23-25-17(22-6-4-15-3-2-5-21-15)8-16(24-18(12)25)13-7-14(19)11-20-10-13;1-7-4-16-18-11(13)3-10(17-12(7)18)8-2-9(14)6-15-5-8;1-7-5-6-3-2-4-8-6;7-4-3-6-2-1-5-8-6;6-4-5-2-1-3-7-5;1-2;;/h2-3,7-11,22H,4-6H2,1H3;2-6H,1H3;2-3H,4-5H2;1-2H,3-5,7H2;1-2H,3-4H2;;1H4;/q;;;;;-1;;+1. The minimum absolute atomic E-state index is 0. The number of hydrogen-bond acceptors (Lipinski definition) is 13. The average molecular weight is 1010 g/mol. The molecule has 0 saturated heterocycles. The number of nitrogens with two attached hydrogens (primary N) is 1. The van der Waals surface area contributed by atoms with Crippen molar-refractivity contribution in [2.75, 3.05) is 57.0 Å². The van der Waals surface area contributed by atoms with Crippen molar-refractivity contribution in [3.8, 4) is 22.5 Å². The van der Waals surface area contributed by atoms with Gasteiger partial charge in [-0.05, 0) is 56.8 Å². The van der Waals surface area contributed by atoms with Gasteiger partial charge in [-0.15, -0.1) is 11.6 Å². The van der Waals surface area contributed by atoms with Crippen LogP contribution in [0.1, 0.15) is 31.4 Å². The number of anilines is 1. The number of fused-ring (bicyclic) bond motifs is 2. The van der Waals surface area contributed by atoms with Crippen LogP contribution in [0.5, 0.6) is 0 Å². The third kappa shape index (κ3) is 17.7. The van der Waals surface area contributed by atoms with Gasteiger partial charge in [-0.3, -0.25) is 29.9 Å². The summed E-state index contributed by atoms with van der Waals surface area (Å²) in [4.78, 5) is 36.5. The van der Waals surface area contributed by atoms with Crippen molar-refractivity contribution in [1.29, 1.82) is 5.26 Å². The van der Waals surface area contributed by atoms with Gasteiger partial charge in [0.15, 0.2) is 11.3 Å². The van der Waals surface area contributed by atoms with Gasteiger partial charge in [-0.1, -0.05) is 43.3 Å². The third-order valence-electron chi connectivity index (χ3n) is 9.56. The van der Waals surface area contributed by atoms with Crippen molar-refractivity contribution in [2.24, 2.45) is 25.7 Å². The molecule has 0 aromatic carbocycles. The number of hydrogen-bond donors (Lipinski definition) is 2. The van der Waals surface area contributed by atoms with E-state index >= 15 is 0 Å². The predicted molar refractivity (Wildman–Crippen MR) is 273 cm³/mol. The van der Waals surface area contributed by atoms with E-state index in [0.717, 1.165) is 97.2 Å². The Morgan fingerprint density at radius 3 is 1.61 bits per heavy atom. The first-order valence-electron chi connectivity index (χ1n) is 21.1. The molecule has 4 aliphatic rings. The molecule has 4 aliphatic heterocycles.